The van der Waals surface area contributed by atoms with Crippen LogP contribution in [0.25, 0.3) is 0 Å². The predicted octanol–water partition coefficient (Wildman–Crippen LogP) is 3.03. The molecular weight excluding hydrogens is 196 g/mol. The minimum atomic E-state index is 0.693. The molecule has 1 N–H and O–H groups in total. The van der Waals surface area contributed by atoms with Crippen molar-refractivity contribution in [3.8, 4) is 0 Å². The van der Waals surface area contributed by atoms with Crippen LogP contribution in [-0.2, 0) is 0 Å². The van der Waals surface area contributed by atoms with E-state index in [0.29, 0.717) is 6.04 Å². The van der Waals surface area contributed by atoms with E-state index in [4.69, 9.17) is 0 Å². The fourth-order valence-electron chi connectivity index (χ4n) is 2.53. The Morgan fingerprint density at radius 1 is 1.12 bits per heavy atom. The normalized spacial score (nSPS) is 28.7. The fourth-order valence-corrected chi connectivity index (χ4v) is 2.53. The molecule has 16 heavy (non-hydrogen) atoms. The number of rotatable bonds is 5. The minimum Gasteiger partial charge on any atom is -0.311 e. The molecule has 0 radical (unpaired) electrons. The lowest BCUT2D eigenvalue weighted by Crippen LogP contribution is -2.44. The highest BCUT2D eigenvalue weighted by atomic mass is 15.1. The highest BCUT2D eigenvalue weighted by molar-refractivity contribution is 4.76. The Morgan fingerprint density at radius 2 is 1.88 bits per heavy atom. The maximum atomic E-state index is 3.73. The van der Waals surface area contributed by atoms with Crippen LogP contribution in [0, 0.1) is 0 Å². The summed E-state index contributed by atoms with van der Waals surface area (Å²) in [5.41, 5.74) is 0. The van der Waals surface area contributed by atoms with Crippen LogP contribution < -0.4 is 5.32 Å². The highest BCUT2D eigenvalue weighted by Gasteiger charge is 2.16. The summed E-state index contributed by atoms with van der Waals surface area (Å²) >= 11 is 0. The first-order valence-electron chi connectivity index (χ1n) is 7.24. The maximum Gasteiger partial charge on any atom is 0.00790 e. The highest BCUT2D eigenvalue weighted by Crippen LogP contribution is 2.10. The lowest BCUT2D eigenvalue weighted by Gasteiger charge is -2.32. The minimum absolute atomic E-state index is 0.693. The number of nitrogens with one attached hydrogen (secondary N) is 1. The summed E-state index contributed by atoms with van der Waals surface area (Å²) in [6, 6.07) is 1.43. The smallest absolute Gasteiger partial charge is 0.00790 e. The molecule has 1 aliphatic heterocycles. The molecule has 1 fully saturated rings. The molecule has 2 unspecified atom stereocenters. The van der Waals surface area contributed by atoms with Crippen molar-refractivity contribution in [2.45, 2.75) is 71.4 Å². The van der Waals surface area contributed by atoms with E-state index in [1.165, 1.54) is 58.2 Å². The molecule has 0 spiro atoms. The zero-order chi connectivity index (χ0) is 11.8. The molecule has 1 saturated heterocycles. The largest absolute Gasteiger partial charge is 0.311 e. The molecule has 2 heteroatoms. The topological polar surface area (TPSA) is 15.3 Å². The summed E-state index contributed by atoms with van der Waals surface area (Å²) < 4.78 is 0. The monoisotopic (exact) mass is 226 g/mol. The van der Waals surface area contributed by atoms with Gasteiger partial charge >= 0.3 is 0 Å². The van der Waals surface area contributed by atoms with E-state index < -0.39 is 0 Å². The average molecular weight is 226 g/mol. The Bertz CT molecular complexity index is 170. The van der Waals surface area contributed by atoms with E-state index >= 15 is 0 Å². The van der Waals surface area contributed by atoms with E-state index in [9.17, 15) is 0 Å². The third kappa shape index (κ3) is 5.31. The molecule has 1 heterocycles. The second-order valence-corrected chi connectivity index (χ2v) is 5.30. The van der Waals surface area contributed by atoms with Crippen LogP contribution >= 0.6 is 0 Å². The van der Waals surface area contributed by atoms with Gasteiger partial charge in [-0.05, 0) is 52.2 Å². The number of unbranched alkanes of at least 4 members (excludes halogenated alkanes) is 2. The zero-order valence-corrected chi connectivity index (χ0v) is 11.5. The quantitative estimate of drug-likeness (QED) is 0.725. The lowest BCUT2D eigenvalue weighted by atomic mass is 10.1. The summed E-state index contributed by atoms with van der Waals surface area (Å²) in [5.74, 6) is 0. The molecule has 96 valence electrons. The van der Waals surface area contributed by atoms with Gasteiger partial charge in [-0.25, -0.2) is 0 Å². The van der Waals surface area contributed by atoms with Crippen LogP contribution in [0.3, 0.4) is 0 Å². The summed E-state index contributed by atoms with van der Waals surface area (Å²) in [4.78, 5) is 2.68. The number of nitrogens with zero attached hydrogens (tertiary/aromatic N) is 1. The van der Waals surface area contributed by atoms with Crippen molar-refractivity contribution in [1.29, 1.82) is 0 Å². The molecular formula is C14H30N2. The first-order chi connectivity index (χ1) is 7.76. The van der Waals surface area contributed by atoms with Gasteiger partial charge in [-0.15, -0.1) is 0 Å². The molecule has 0 aliphatic carbocycles. The van der Waals surface area contributed by atoms with Crippen molar-refractivity contribution in [1.82, 2.24) is 10.2 Å². The predicted molar refractivity (Wildman–Crippen MR) is 71.9 cm³/mol. The Balaban J connectivity index is 2.29. The summed E-state index contributed by atoms with van der Waals surface area (Å²) in [6.45, 7) is 10.8. The van der Waals surface area contributed by atoms with Crippen molar-refractivity contribution in [2.24, 2.45) is 0 Å². The molecule has 0 aromatic carbocycles. The third-order valence-corrected chi connectivity index (χ3v) is 3.76. The van der Waals surface area contributed by atoms with Gasteiger partial charge in [0, 0.05) is 12.1 Å². The van der Waals surface area contributed by atoms with E-state index in [-0.39, 0.29) is 0 Å². The first-order valence-corrected chi connectivity index (χ1v) is 7.24. The van der Waals surface area contributed by atoms with Crippen molar-refractivity contribution in [3.05, 3.63) is 0 Å². The van der Waals surface area contributed by atoms with Gasteiger partial charge in [-0.1, -0.05) is 26.7 Å². The second kappa shape index (κ2) is 8.08. The van der Waals surface area contributed by atoms with Gasteiger partial charge in [-0.2, -0.15) is 0 Å². The molecule has 0 amide bonds. The Hall–Kier alpha value is -0.0800. The maximum absolute atomic E-state index is 3.73. The Labute approximate surface area is 102 Å². The van der Waals surface area contributed by atoms with Gasteiger partial charge in [0.25, 0.3) is 0 Å². The average Bonchev–Trinajstić information content (AvgIpc) is 2.27. The summed E-state index contributed by atoms with van der Waals surface area (Å²) in [6.07, 6.45) is 8.02. The third-order valence-electron chi connectivity index (χ3n) is 3.76. The van der Waals surface area contributed by atoms with Crippen LogP contribution in [0.1, 0.15) is 59.3 Å². The SMILES string of the molecule is CCCCCN1CCC(C)NC(CC)CC1. The molecule has 0 bridgehead atoms. The molecule has 1 aliphatic rings. The van der Waals surface area contributed by atoms with Gasteiger partial charge in [0.1, 0.15) is 0 Å². The van der Waals surface area contributed by atoms with Crippen LogP contribution in [0.5, 0.6) is 0 Å². The first kappa shape index (κ1) is 14.0. The lowest BCUT2D eigenvalue weighted by molar-refractivity contribution is 0.209. The van der Waals surface area contributed by atoms with Crippen LogP contribution in [0.2, 0.25) is 0 Å². The Morgan fingerprint density at radius 3 is 2.56 bits per heavy atom. The van der Waals surface area contributed by atoms with Gasteiger partial charge < -0.3 is 10.2 Å². The van der Waals surface area contributed by atoms with E-state index in [2.05, 4.69) is 31.0 Å². The second-order valence-electron chi connectivity index (χ2n) is 5.30. The molecule has 0 aromatic heterocycles. The van der Waals surface area contributed by atoms with Crippen LogP contribution in [0.15, 0.2) is 0 Å². The molecule has 2 nitrogen and oxygen atoms in total. The number of hydrogen-bond acceptors (Lipinski definition) is 2. The summed E-state index contributed by atoms with van der Waals surface area (Å²) in [7, 11) is 0. The van der Waals surface area contributed by atoms with Crippen molar-refractivity contribution >= 4 is 0 Å². The fraction of sp³-hybridized carbons (Fsp3) is 1.00. The van der Waals surface area contributed by atoms with Crippen molar-refractivity contribution in [2.75, 3.05) is 19.6 Å². The zero-order valence-electron chi connectivity index (χ0n) is 11.5. The van der Waals surface area contributed by atoms with Crippen molar-refractivity contribution < 1.29 is 0 Å². The summed E-state index contributed by atoms with van der Waals surface area (Å²) in [5, 5.41) is 3.73. The van der Waals surface area contributed by atoms with Gasteiger partial charge in [0.05, 0.1) is 0 Å². The van der Waals surface area contributed by atoms with Gasteiger partial charge in [0.15, 0.2) is 0 Å². The van der Waals surface area contributed by atoms with Crippen LogP contribution in [0.4, 0.5) is 0 Å². The molecule has 1 rings (SSSR count). The van der Waals surface area contributed by atoms with Crippen molar-refractivity contribution in [3.63, 3.8) is 0 Å². The van der Waals surface area contributed by atoms with Crippen LogP contribution in [-0.4, -0.2) is 36.6 Å². The van der Waals surface area contributed by atoms with Gasteiger partial charge in [-0.3, -0.25) is 0 Å². The molecule has 0 aromatic rings. The standard InChI is InChI=1S/C14H30N2/c1-4-6-7-10-16-11-8-13(3)15-14(5-2)9-12-16/h13-15H,4-12H2,1-3H3. The van der Waals surface area contributed by atoms with E-state index in [1.807, 2.05) is 0 Å². The van der Waals surface area contributed by atoms with E-state index in [0.717, 1.165) is 6.04 Å². The molecule has 0 saturated carbocycles. The number of hydrogen-bond donors (Lipinski definition) is 1. The Kier molecular flexibility index (Phi) is 7.06. The van der Waals surface area contributed by atoms with E-state index in [1.54, 1.807) is 0 Å². The molecule has 2 atom stereocenters. The van der Waals surface area contributed by atoms with Gasteiger partial charge in [0.2, 0.25) is 0 Å².